The average Bonchev–Trinajstić information content (AvgIpc) is 2.97. The molecule has 1 saturated heterocycles. The minimum Gasteiger partial charge on any atom is -0.455 e. The molecular formula is C18H29N3O5. The van der Waals surface area contributed by atoms with Crippen LogP contribution < -0.4 is 10.6 Å². The minimum absolute atomic E-state index is 0.0234. The summed E-state index contributed by atoms with van der Waals surface area (Å²) in [5, 5.41) is 4.48. The number of nitrogens with zero attached hydrogens (tertiary/aromatic N) is 1. The number of carbonyl (C=O) groups excluding carboxylic acids is 4. The van der Waals surface area contributed by atoms with Crippen LogP contribution in [-0.2, 0) is 19.1 Å². The molecule has 0 spiro atoms. The summed E-state index contributed by atoms with van der Waals surface area (Å²) >= 11 is 0. The molecule has 0 unspecified atom stereocenters. The van der Waals surface area contributed by atoms with Crippen molar-refractivity contribution in [1.82, 2.24) is 15.5 Å². The Morgan fingerprint density at radius 2 is 1.96 bits per heavy atom. The number of imide groups is 1. The first kappa shape index (κ1) is 20.2. The zero-order valence-corrected chi connectivity index (χ0v) is 15.7. The molecule has 1 saturated carbocycles. The number of amides is 4. The van der Waals surface area contributed by atoms with Crippen molar-refractivity contribution in [3.05, 3.63) is 0 Å². The van der Waals surface area contributed by atoms with Gasteiger partial charge in [0.2, 0.25) is 5.91 Å². The number of rotatable bonds is 5. The van der Waals surface area contributed by atoms with Crippen LogP contribution >= 0.6 is 0 Å². The summed E-state index contributed by atoms with van der Waals surface area (Å²) in [4.78, 5) is 49.2. The third kappa shape index (κ3) is 4.95. The lowest BCUT2D eigenvalue weighted by atomic mass is 9.77. The number of esters is 1. The van der Waals surface area contributed by atoms with E-state index in [1.807, 2.05) is 4.90 Å². The Bertz CT molecular complexity index is 565. The Balaban J connectivity index is 1.83. The highest BCUT2D eigenvalue weighted by Crippen LogP contribution is 2.35. The van der Waals surface area contributed by atoms with E-state index in [0.717, 1.165) is 12.8 Å². The van der Waals surface area contributed by atoms with Gasteiger partial charge in [0.1, 0.15) is 0 Å². The molecule has 146 valence electrons. The van der Waals surface area contributed by atoms with Crippen molar-refractivity contribution in [3.8, 4) is 0 Å². The van der Waals surface area contributed by atoms with Crippen LogP contribution in [0.5, 0.6) is 0 Å². The highest BCUT2D eigenvalue weighted by molar-refractivity contribution is 5.96. The summed E-state index contributed by atoms with van der Waals surface area (Å²) in [5.74, 6) is -0.867. The summed E-state index contributed by atoms with van der Waals surface area (Å²) in [6.45, 7) is 6.29. The molecule has 4 amide bonds. The topological polar surface area (TPSA) is 105 Å². The molecule has 1 aliphatic heterocycles. The lowest BCUT2D eigenvalue weighted by molar-refractivity contribution is -0.152. The fourth-order valence-corrected chi connectivity index (χ4v) is 3.83. The van der Waals surface area contributed by atoms with Crippen molar-refractivity contribution in [3.63, 3.8) is 0 Å². The first-order valence-corrected chi connectivity index (χ1v) is 9.37. The van der Waals surface area contributed by atoms with Crippen molar-refractivity contribution in [2.24, 2.45) is 17.8 Å². The van der Waals surface area contributed by atoms with Gasteiger partial charge >= 0.3 is 12.0 Å². The Morgan fingerprint density at radius 3 is 2.65 bits per heavy atom. The highest BCUT2D eigenvalue weighted by atomic mass is 16.5. The minimum atomic E-state index is -0.694. The second kappa shape index (κ2) is 9.00. The van der Waals surface area contributed by atoms with E-state index in [9.17, 15) is 19.2 Å². The van der Waals surface area contributed by atoms with Gasteiger partial charge in [0.05, 0.1) is 5.92 Å². The predicted octanol–water partition coefficient (Wildman–Crippen LogP) is 1.05. The summed E-state index contributed by atoms with van der Waals surface area (Å²) in [7, 11) is 0. The van der Waals surface area contributed by atoms with E-state index in [2.05, 4.69) is 24.5 Å². The molecule has 0 aromatic heterocycles. The first-order valence-electron chi connectivity index (χ1n) is 9.37. The monoisotopic (exact) mass is 367 g/mol. The van der Waals surface area contributed by atoms with Gasteiger partial charge in [-0.3, -0.25) is 19.7 Å². The van der Waals surface area contributed by atoms with Crippen molar-refractivity contribution >= 4 is 23.8 Å². The third-order valence-electron chi connectivity index (χ3n) is 5.49. The molecule has 2 N–H and O–H groups in total. The fraction of sp³-hybridized carbons (Fsp3) is 0.778. The van der Waals surface area contributed by atoms with Crippen LogP contribution in [0.3, 0.4) is 0 Å². The smallest absolute Gasteiger partial charge is 0.321 e. The number of carbonyl (C=O) groups is 4. The maximum absolute atomic E-state index is 12.4. The molecule has 0 aromatic rings. The molecule has 0 aromatic carbocycles. The van der Waals surface area contributed by atoms with Gasteiger partial charge in [0, 0.05) is 25.6 Å². The van der Waals surface area contributed by atoms with E-state index in [1.165, 1.54) is 6.42 Å². The maximum atomic E-state index is 12.4. The summed E-state index contributed by atoms with van der Waals surface area (Å²) < 4.78 is 4.99. The van der Waals surface area contributed by atoms with Crippen LogP contribution in [0, 0.1) is 17.8 Å². The van der Waals surface area contributed by atoms with Crippen molar-refractivity contribution in [2.45, 2.75) is 52.5 Å². The fourth-order valence-electron chi connectivity index (χ4n) is 3.83. The van der Waals surface area contributed by atoms with Gasteiger partial charge < -0.3 is 15.0 Å². The van der Waals surface area contributed by atoms with Gasteiger partial charge in [-0.05, 0) is 25.2 Å². The molecular weight excluding hydrogens is 338 g/mol. The maximum Gasteiger partial charge on any atom is 0.321 e. The zero-order chi connectivity index (χ0) is 19.3. The van der Waals surface area contributed by atoms with Gasteiger partial charge in [0.15, 0.2) is 6.61 Å². The largest absolute Gasteiger partial charge is 0.455 e. The molecule has 1 heterocycles. The van der Waals surface area contributed by atoms with Crippen molar-refractivity contribution < 1.29 is 23.9 Å². The van der Waals surface area contributed by atoms with Crippen LogP contribution in [0.1, 0.15) is 46.5 Å². The van der Waals surface area contributed by atoms with Crippen LogP contribution in [0.15, 0.2) is 0 Å². The number of likely N-dealkylation sites (tertiary alicyclic amines) is 1. The summed E-state index contributed by atoms with van der Waals surface area (Å²) in [5.41, 5.74) is 0. The first-order chi connectivity index (χ1) is 12.3. The molecule has 2 fully saturated rings. The Kier molecular flexibility index (Phi) is 6.99. The Hall–Kier alpha value is -2.12. The summed E-state index contributed by atoms with van der Waals surface area (Å²) in [6.07, 6.45) is 3.35. The van der Waals surface area contributed by atoms with Gasteiger partial charge in [0.25, 0.3) is 5.91 Å². The van der Waals surface area contributed by atoms with Gasteiger partial charge in [-0.15, -0.1) is 0 Å². The SMILES string of the molecule is CCNC(=O)NC(=O)COC(=O)[C@H]1CC(=O)N([C@@H]2CCC[C@H](C)[C@@H]2C)C1. The summed E-state index contributed by atoms with van der Waals surface area (Å²) in [6, 6.07) is -0.457. The Morgan fingerprint density at radius 1 is 1.23 bits per heavy atom. The quantitative estimate of drug-likeness (QED) is 0.707. The van der Waals surface area contributed by atoms with Crippen LogP contribution in [-0.4, -0.2) is 54.5 Å². The van der Waals surface area contributed by atoms with E-state index in [0.29, 0.717) is 24.9 Å². The van der Waals surface area contributed by atoms with E-state index >= 15 is 0 Å². The number of hydrogen-bond donors (Lipinski definition) is 2. The van der Waals surface area contributed by atoms with Crippen LogP contribution in [0.2, 0.25) is 0 Å². The number of ether oxygens (including phenoxy) is 1. The molecule has 8 heteroatoms. The molecule has 26 heavy (non-hydrogen) atoms. The molecule has 2 rings (SSSR count). The van der Waals surface area contributed by atoms with Gasteiger partial charge in [-0.2, -0.15) is 0 Å². The predicted molar refractivity (Wildman–Crippen MR) is 94.0 cm³/mol. The highest BCUT2D eigenvalue weighted by Gasteiger charge is 2.42. The second-order valence-corrected chi connectivity index (χ2v) is 7.30. The molecule has 0 bridgehead atoms. The second-order valence-electron chi connectivity index (χ2n) is 7.30. The molecule has 8 nitrogen and oxygen atoms in total. The number of urea groups is 1. The van der Waals surface area contributed by atoms with Gasteiger partial charge in [-0.1, -0.05) is 26.7 Å². The standard InChI is InChI=1S/C18H29N3O5/c1-4-19-18(25)20-15(22)10-26-17(24)13-8-16(23)21(9-13)14-7-5-6-11(2)12(14)3/h11-14H,4-10H2,1-3H3,(H2,19,20,22,25)/t11-,12-,13-,14+/m0/s1. The third-order valence-corrected chi connectivity index (χ3v) is 5.49. The molecule has 0 radical (unpaired) electrons. The number of hydrogen-bond acceptors (Lipinski definition) is 5. The van der Waals surface area contributed by atoms with E-state index < -0.39 is 30.4 Å². The van der Waals surface area contributed by atoms with Crippen molar-refractivity contribution in [2.75, 3.05) is 19.7 Å². The average molecular weight is 367 g/mol. The zero-order valence-electron chi connectivity index (χ0n) is 15.7. The van der Waals surface area contributed by atoms with Crippen molar-refractivity contribution in [1.29, 1.82) is 0 Å². The van der Waals surface area contributed by atoms with Gasteiger partial charge in [-0.25, -0.2) is 4.79 Å². The van der Waals surface area contributed by atoms with Crippen LogP contribution in [0.25, 0.3) is 0 Å². The molecule has 4 atom stereocenters. The number of nitrogens with one attached hydrogen (secondary N) is 2. The van der Waals surface area contributed by atoms with E-state index in [4.69, 9.17) is 4.74 Å². The lowest BCUT2D eigenvalue weighted by Crippen LogP contribution is -2.45. The Labute approximate surface area is 154 Å². The van der Waals surface area contributed by atoms with E-state index in [-0.39, 0.29) is 18.4 Å². The molecule has 1 aliphatic carbocycles. The molecule has 2 aliphatic rings. The normalized spacial score (nSPS) is 28.6. The van der Waals surface area contributed by atoms with Crippen LogP contribution in [0.4, 0.5) is 4.79 Å². The van der Waals surface area contributed by atoms with E-state index in [1.54, 1.807) is 6.92 Å². The lowest BCUT2D eigenvalue weighted by Gasteiger charge is -2.39.